The lowest BCUT2D eigenvalue weighted by atomic mass is 10.1. The zero-order chi connectivity index (χ0) is 14.8. The standard InChI is InChI=1S/C17H22N2O2/c1-2-18-11-13(15-7-3-4-8-16(15)18)10-17(21)19-9-5-6-14(19)12-20/h3-4,7-8,11,14,20H,2,5-6,9-10,12H2,1H3/t14-/m1/s1. The summed E-state index contributed by atoms with van der Waals surface area (Å²) in [7, 11) is 0. The maximum absolute atomic E-state index is 12.5. The molecule has 4 heteroatoms. The van der Waals surface area contributed by atoms with Crippen LogP contribution in [-0.2, 0) is 17.8 Å². The van der Waals surface area contributed by atoms with Crippen LogP contribution in [0.4, 0.5) is 0 Å². The fourth-order valence-electron chi connectivity index (χ4n) is 3.34. The summed E-state index contributed by atoms with van der Waals surface area (Å²) < 4.78 is 2.19. The number of likely N-dealkylation sites (tertiary alicyclic amines) is 1. The second-order valence-electron chi connectivity index (χ2n) is 5.70. The first kappa shape index (κ1) is 14.1. The number of rotatable bonds is 4. The zero-order valence-electron chi connectivity index (χ0n) is 12.5. The Bertz CT molecular complexity index is 647. The molecule has 4 nitrogen and oxygen atoms in total. The third-order valence-corrected chi connectivity index (χ3v) is 4.46. The molecule has 2 heterocycles. The minimum Gasteiger partial charge on any atom is -0.394 e. The molecule has 0 aliphatic carbocycles. The molecule has 1 aliphatic heterocycles. The quantitative estimate of drug-likeness (QED) is 0.936. The van der Waals surface area contributed by atoms with E-state index in [-0.39, 0.29) is 18.6 Å². The van der Waals surface area contributed by atoms with E-state index in [2.05, 4.69) is 29.8 Å². The topological polar surface area (TPSA) is 45.5 Å². The first-order valence-corrected chi connectivity index (χ1v) is 7.71. The molecular formula is C17H22N2O2. The highest BCUT2D eigenvalue weighted by atomic mass is 16.3. The fourth-order valence-corrected chi connectivity index (χ4v) is 3.34. The predicted octanol–water partition coefficient (Wildman–Crippen LogP) is 2.19. The first-order valence-electron chi connectivity index (χ1n) is 7.71. The number of hydrogen-bond donors (Lipinski definition) is 1. The van der Waals surface area contributed by atoms with Gasteiger partial charge in [0.05, 0.1) is 19.1 Å². The van der Waals surface area contributed by atoms with Gasteiger partial charge in [0.25, 0.3) is 0 Å². The molecule has 3 rings (SSSR count). The largest absolute Gasteiger partial charge is 0.394 e. The lowest BCUT2D eigenvalue weighted by Crippen LogP contribution is -2.38. The van der Waals surface area contributed by atoms with Crippen molar-refractivity contribution < 1.29 is 9.90 Å². The van der Waals surface area contributed by atoms with Gasteiger partial charge >= 0.3 is 0 Å². The molecule has 1 aliphatic rings. The average molecular weight is 286 g/mol. The maximum Gasteiger partial charge on any atom is 0.227 e. The Hall–Kier alpha value is -1.81. The van der Waals surface area contributed by atoms with Crippen molar-refractivity contribution >= 4 is 16.8 Å². The lowest BCUT2D eigenvalue weighted by molar-refractivity contribution is -0.131. The summed E-state index contributed by atoms with van der Waals surface area (Å²) in [6.45, 7) is 3.86. The number of amides is 1. The van der Waals surface area contributed by atoms with Crippen molar-refractivity contribution in [2.45, 2.75) is 38.8 Å². The van der Waals surface area contributed by atoms with Crippen molar-refractivity contribution in [3.05, 3.63) is 36.0 Å². The molecule has 1 N–H and O–H groups in total. The van der Waals surface area contributed by atoms with Crippen LogP contribution in [0, 0.1) is 0 Å². The number of hydrogen-bond acceptors (Lipinski definition) is 2. The Morgan fingerprint density at radius 3 is 2.95 bits per heavy atom. The molecule has 0 spiro atoms. The summed E-state index contributed by atoms with van der Waals surface area (Å²) in [5.41, 5.74) is 2.27. The summed E-state index contributed by atoms with van der Waals surface area (Å²) in [5, 5.41) is 10.5. The van der Waals surface area contributed by atoms with Gasteiger partial charge in [0.1, 0.15) is 0 Å². The number of aryl methyl sites for hydroxylation is 1. The van der Waals surface area contributed by atoms with Crippen LogP contribution in [0.5, 0.6) is 0 Å². The van der Waals surface area contributed by atoms with Crippen LogP contribution in [0.2, 0.25) is 0 Å². The SMILES string of the molecule is CCn1cc(CC(=O)N2CCC[C@@H]2CO)c2ccccc21. The Morgan fingerprint density at radius 2 is 2.19 bits per heavy atom. The Labute approximate surface area is 125 Å². The van der Waals surface area contributed by atoms with Crippen LogP contribution < -0.4 is 0 Å². The van der Waals surface area contributed by atoms with Gasteiger partial charge in [-0.3, -0.25) is 4.79 Å². The maximum atomic E-state index is 12.5. The van der Waals surface area contributed by atoms with Gasteiger partial charge in [0.2, 0.25) is 5.91 Å². The molecular weight excluding hydrogens is 264 g/mol. The first-order chi connectivity index (χ1) is 10.2. The van der Waals surface area contributed by atoms with Crippen molar-refractivity contribution in [1.82, 2.24) is 9.47 Å². The number of para-hydroxylation sites is 1. The van der Waals surface area contributed by atoms with Crippen molar-refractivity contribution in [3.63, 3.8) is 0 Å². The number of aliphatic hydroxyl groups is 1. The molecule has 112 valence electrons. The van der Waals surface area contributed by atoms with E-state index in [0.29, 0.717) is 6.42 Å². The Balaban J connectivity index is 1.86. The molecule has 21 heavy (non-hydrogen) atoms. The summed E-state index contributed by atoms with van der Waals surface area (Å²) in [6, 6.07) is 8.24. The van der Waals surface area contributed by atoms with E-state index in [4.69, 9.17) is 0 Å². The molecule has 1 atom stereocenters. The van der Waals surface area contributed by atoms with E-state index < -0.39 is 0 Å². The summed E-state index contributed by atoms with van der Waals surface area (Å²) >= 11 is 0. The highest BCUT2D eigenvalue weighted by molar-refractivity contribution is 5.89. The molecule has 0 unspecified atom stereocenters. The molecule has 1 saturated heterocycles. The number of carbonyl (C=O) groups excluding carboxylic acids is 1. The highest BCUT2D eigenvalue weighted by Crippen LogP contribution is 2.24. The molecule has 0 bridgehead atoms. The fraction of sp³-hybridized carbons (Fsp3) is 0.471. The van der Waals surface area contributed by atoms with Crippen LogP contribution in [0.3, 0.4) is 0 Å². The Morgan fingerprint density at radius 1 is 1.38 bits per heavy atom. The number of fused-ring (bicyclic) bond motifs is 1. The van der Waals surface area contributed by atoms with E-state index in [0.717, 1.165) is 36.9 Å². The van der Waals surface area contributed by atoms with E-state index in [1.165, 1.54) is 5.52 Å². The molecule has 0 saturated carbocycles. The number of aromatic nitrogens is 1. The van der Waals surface area contributed by atoms with Crippen LogP contribution in [-0.4, -0.2) is 39.7 Å². The van der Waals surface area contributed by atoms with Gasteiger partial charge in [-0.05, 0) is 31.4 Å². The van der Waals surface area contributed by atoms with E-state index in [1.807, 2.05) is 17.0 Å². The molecule has 1 aromatic carbocycles. The summed E-state index contributed by atoms with van der Waals surface area (Å²) in [4.78, 5) is 14.4. The lowest BCUT2D eigenvalue weighted by Gasteiger charge is -2.22. The molecule has 1 fully saturated rings. The van der Waals surface area contributed by atoms with Crippen molar-refractivity contribution in [3.8, 4) is 0 Å². The van der Waals surface area contributed by atoms with Gasteiger partial charge in [-0.15, -0.1) is 0 Å². The van der Waals surface area contributed by atoms with Crippen LogP contribution in [0.1, 0.15) is 25.3 Å². The van der Waals surface area contributed by atoms with Crippen LogP contribution in [0.25, 0.3) is 10.9 Å². The third-order valence-electron chi connectivity index (χ3n) is 4.46. The van der Waals surface area contributed by atoms with Crippen LogP contribution in [0.15, 0.2) is 30.5 Å². The van der Waals surface area contributed by atoms with Gasteiger partial charge in [-0.1, -0.05) is 18.2 Å². The molecule has 0 radical (unpaired) electrons. The number of aliphatic hydroxyl groups excluding tert-OH is 1. The van der Waals surface area contributed by atoms with Crippen molar-refractivity contribution in [2.75, 3.05) is 13.2 Å². The Kier molecular flexibility index (Phi) is 3.97. The monoisotopic (exact) mass is 286 g/mol. The van der Waals surface area contributed by atoms with Gasteiger partial charge in [0.15, 0.2) is 0 Å². The molecule has 1 amide bonds. The van der Waals surface area contributed by atoms with Gasteiger partial charge in [-0.25, -0.2) is 0 Å². The normalized spacial score (nSPS) is 18.6. The highest BCUT2D eigenvalue weighted by Gasteiger charge is 2.28. The molecule has 2 aromatic rings. The minimum atomic E-state index is 0.0111. The van der Waals surface area contributed by atoms with Gasteiger partial charge in [-0.2, -0.15) is 0 Å². The van der Waals surface area contributed by atoms with E-state index in [1.54, 1.807) is 0 Å². The zero-order valence-corrected chi connectivity index (χ0v) is 12.5. The van der Waals surface area contributed by atoms with Gasteiger partial charge < -0.3 is 14.6 Å². The van der Waals surface area contributed by atoms with Crippen molar-refractivity contribution in [2.24, 2.45) is 0 Å². The third kappa shape index (κ3) is 2.56. The van der Waals surface area contributed by atoms with E-state index in [9.17, 15) is 9.90 Å². The second-order valence-corrected chi connectivity index (χ2v) is 5.70. The second kappa shape index (κ2) is 5.90. The molecule has 1 aromatic heterocycles. The van der Waals surface area contributed by atoms with Crippen molar-refractivity contribution in [1.29, 1.82) is 0 Å². The minimum absolute atomic E-state index is 0.0111. The summed E-state index contributed by atoms with van der Waals surface area (Å²) in [5.74, 6) is 0.130. The average Bonchev–Trinajstić information content (AvgIpc) is 3.12. The van der Waals surface area contributed by atoms with Crippen LogP contribution >= 0.6 is 0 Å². The van der Waals surface area contributed by atoms with E-state index >= 15 is 0 Å². The predicted molar refractivity (Wildman–Crippen MR) is 83.1 cm³/mol. The number of carbonyl (C=O) groups is 1. The number of nitrogens with zero attached hydrogens (tertiary/aromatic N) is 2. The summed E-state index contributed by atoms with van der Waals surface area (Å²) in [6.07, 6.45) is 4.42. The smallest absolute Gasteiger partial charge is 0.227 e. The van der Waals surface area contributed by atoms with Gasteiger partial charge in [0, 0.05) is 30.2 Å². The number of benzene rings is 1.